The number of hydrogen-bond donors (Lipinski definition) is 0. The Morgan fingerprint density at radius 2 is 1.76 bits per heavy atom. The molecule has 21 heavy (non-hydrogen) atoms. The van der Waals surface area contributed by atoms with Crippen molar-refractivity contribution < 1.29 is 0 Å². The molecule has 4 heteroatoms. The second-order valence-corrected chi connectivity index (χ2v) is 5.48. The van der Waals surface area contributed by atoms with E-state index in [-0.39, 0.29) is 0 Å². The minimum atomic E-state index is 0.675. The highest BCUT2D eigenvalue weighted by molar-refractivity contribution is 6.33. The van der Waals surface area contributed by atoms with Crippen LogP contribution in [0.15, 0.2) is 48.5 Å². The van der Waals surface area contributed by atoms with Crippen molar-refractivity contribution in [1.29, 1.82) is 0 Å². The average Bonchev–Trinajstić information content (AvgIpc) is 2.92. The number of nitrogens with zero attached hydrogens (tertiary/aromatic N) is 2. The maximum Gasteiger partial charge on any atom is 0.147 e. The first kappa shape index (κ1) is 14.2. The van der Waals surface area contributed by atoms with Crippen LogP contribution in [0.25, 0.3) is 17.1 Å². The van der Waals surface area contributed by atoms with Crippen molar-refractivity contribution in [3.63, 3.8) is 0 Å². The summed E-state index contributed by atoms with van der Waals surface area (Å²) in [6.07, 6.45) is 3.92. The molecule has 105 valence electrons. The summed E-state index contributed by atoms with van der Waals surface area (Å²) in [5.41, 5.74) is 2.90. The van der Waals surface area contributed by atoms with E-state index >= 15 is 0 Å². The molecule has 1 aromatic heterocycles. The Balaban J connectivity index is 2.22. The number of aryl methyl sites for hydroxylation is 1. The van der Waals surface area contributed by atoms with Gasteiger partial charge in [-0.15, -0.1) is 0 Å². The van der Waals surface area contributed by atoms with Gasteiger partial charge in [-0.1, -0.05) is 42.3 Å². The van der Waals surface area contributed by atoms with Crippen LogP contribution in [0.5, 0.6) is 0 Å². The molecule has 3 aromatic rings. The van der Waals surface area contributed by atoms with Crippen molar-refractivity contribution >= 4 is 23.2 Å². The summed E-state index contributed by atoms with van der Waals surface area (Å²) >= 11 is 12.3. The molecule has 0 amide bonds. The molecule has 0 bridgehead atoms. The molecule has 0 N–H and O–H groups in total. The third-order valence-corrected chi connectivity index (χ3v) is 3.89. The lowest BCUT2D eigenvalue weighted by molar-refractivity contribution is 0.939. The number of rotatable bonds is 3. The Bertz CT molecular complexity index is 761. The number of benzene rings is 2. The van der Waals surface area contributed by atoms with Gasteiger partial charge >= 0.3 is 0 Å². The summed E-state index contributed by atoms with van der Waals surface area (Å²) in [7, 11) is 0. The van der Waals surface area contributed by atoms with Crippen molar-refractivity contribution in [3.8, 4) is 17.1 Å². The van der Waals surface area contributed by atoms with Crippen LogP contribution in [0.3, 0.4) is 0 Å². The normalized spacial score (nSPS) is 10.8. The molecule has 1 heterocycles. The Hall–Kier alpha value is -1.77. The predicted molar refractivity (Wildman–Crippen MR) is 87.2 cm³/mol. The van der Waals surface area contributed by atoms with Crippen molar-refractivity contribution in [2.24, 2.45) is 0 Å². The van der Waals surface area contributed by atoms with Crippen molar-refractivity contribution in [2.45, 2.75) is 13.3 Å². The molecule has 0 aliphatic rings. The van der Waals surface area contributed by atoms with Gasteiger partial charge in [0.2, 0.25) is 0 Å². The third-order valence-electron chi connectivity index (χ3n) is 3.31. The summed E-state index contributed by atoms with van der Waals surface area (Å²) in [6.45, 7) is 2.08. The summed E-state index contributed by atoms with van der Waals surface area (Å²) in [6, 6.07) is 15.4. The second kappa shape index (κ2) is 5.92. The first-order valence-electron chi connectivity index (χ1n) is 6.71. The van der Waals surface area contributed by atoms with Crippen LogP contribution in [0.2, 0.25) is 10.0 Å². The minimum Gasteiger partial charge on any atom is -0.296 e. The second-order valence-electron chi connectivity index (χ2n) is 4.64. The van der Waals surface area contributed by atoms with Crippen LogP contribution < -0.4 is 0 Å². The van der Waals surface area contributed by atoms with E-state index in [1.807, 2.05) is 48.5 Å². The molecule has 0 unspecified atom stereocenters. The van der Waals surface area contributed by atoms with Crippen LogP contribution in [-0.2, 0) is 6.42 Å². The van der Waals surface area contributed by atoms with Crippen molar-refractivity contribution in [3.05, 3.63) is 70.5 Å². The molecule has 0 atom stereocenters. The van der Waals surface area contributed by atoms with Gasteiger partial charge in [0.1, 0.15) is 12.0 Å². The fourth-order valence-corrected chi connectivity index (χ4v) is 2.62. The van der Waals surface area contributed by atoms with E-state index in [0.717, 1.165) is 29.2 Å². The lowest BCUT2D eigenvalue weighted by Gasteiger charge is -2.12. The molecule has 1 radical (unpaired) electrons. The first-order chi connectivity index (χ1) is 10.2. The summed E-state index contributed by atoms with van der Waals surface area (Å²) in [5.74, 6) is 0.791. The van der Waals surface area contributed by atoms with Gasteiger partial charge in [-0.2, -0.15) is 0 Å². The zero-order chi connectivity index (χ0) is 14.8. The largest absolute Gasteiger partial charge is 0.296 e. The van der Waals surface area contributed by atoms with Crippen LogP contribution in [-0.4, -0.2) is 9.55 Å². The van der Waals surface area contributed by atoms with Crippen molar-refractivity contribution in [1.82, 2.24) is 9.55 Å². The average molecular weight is 316 g/mol. The summed E-state index contributed by atoms with van der Waals surface area (Å²) in [5, 5.41) is 1.38. The van der Waals surface area contributed by atoms with E-state index in [1.165, 1.54) is 0 Å². The number of aromatic nitrogens is 2. The molecule has 0 spiro atoms. The fraction of sp³-hybridized carbons (Fsp3) is 0.118. The van der Waals surface area contributed by atoms with E-state index in [1.54, 1.807) is 0 Å². The molecule has 0 aliphatic carbocycles. The molecular formula is C17H13Cl2N2. The summed E-state index contributed by atoms with van der Waals surface area (Å²) < 4.78 is 2.07. The molecular weight excluding hydrogens is 303 g/mol. The van der Waals surface area contributed by atoms with E-state index < -0.39 is 0 Å². The highest BCUT2D eigenvalue weighted by atomic mass is 35.5. The van der Waals surface area contributed by atoms with Gasteiger partial charge in [0.15, 0.2) is 0 Å². The fourth-order valence-electron chi connectivity index (χ4n) is 2.27. The van der Waals surface area contributed by atoms with Gasteiger partial charge in [-0.3, -0.25) is 4.57 Å². The Morgan fingerprint density at radius 1 is 1.05 bits per heavy atom. The van der Waals surface area contributed by atoms with Gasteiger partial charge in [-0.25, -0.2) is 4.98 Å². The van der Waals surface area contributed by atoms with Gasteiger partial charge in [0.05, 0.1) is 10.7 Å². The zero-order valence-electron chi connectivity index (χ0n) is 11.5. The first-order valence-corrected chi connectivity index (χ1v) is 7.46. The predicted octanol–water partition coefficient (Wildman–Crippen LogP) is 5.21. The quantitative estimate of drug-likeness (QED) is 0.648. The standard InChI is InChI=1S/C17H13Cl2N2/c1-2-13-11-20-17(15-5-3-4-6-16(15)19)21(13)14-9-7-12(18)8-10-14/h3-10H,2H2,1H3. The van der Waals surface area contributed by atoms with E-state index in [2.05, 4.69) is 22.7 Å². The van der Waals surface area contributed by atoms with E-state index in [9.17, 15) is 0 Å². The smallest absolute Gasteiger partial charge is 0.147 e. The van der Waals surface area contributed by atoms with Gasteiger partial charge in [-0.05, 0) is 42.8 Å². The monoisotopic (exact) mass is 315 g/mol. The van der Waals surface area contributed by atoms with Gasteiger partial charge in [0, 0.05) is 16.3 Å². The van der Waals surface area contributed by atoms with Crippen LogP contribution in [0.4, 0.5) is 0 Å². The number of halogens is 2. The van der Waals surface area contributed by atoms with Crippen molar-refractivity contribution in [2.75, 3.05) is 0 Å². The molecule has 0 fully saturated rings. The van der Waals surface area contributed by atoms with E-state index in [4.69, 9.17) is 23.2 Å². The topological polar surface area (TPSA) is 17.8 Å². The Kier molecular flexibility index (Phi) is 4.00. The highest BCUT2D eigenvalue weighted by Crippen LogP contribution is 2.30. The number of imidazole rings is 1. The molecule has 0 saturated heterocycles. The maximum absolute atomic E-state index is 6.31. The lowest BCUT2D eigenvalue weighted by Crippen LogP contribution is -2.01. The molecule has 2 nitrogen and oxygen atoms in total. The van der Waals surface area contributed by atoms with Crippen LogP contribution >= 0.6 is 23.2 Å². The molecule has 0 saturated carbocycles. The van der Waals surface area contributed by atoms with E-state index in [0.29, 0.717) is 10.0 Å². The Morgan fingerprint density at radius 3 is 2.43 bits per heavy atom. The van der Waals surface area contributed by atoms with Crippen LogP contribution in [0.1, 0.15) is 12.6 Å². The van der Waals surface area contributed by atoms with Gasteiger partial charge < -0.3 is 0 Å². The lowest BCUT2D eigenvalue weighted by atomic mass is 10.2. The number of hydrogen-bond acceptors (Lipinski definition) is 1. The molecule has 2 aromatic carbocycles. The molecule has 0 aliphatic heterocycles. The third kappa shape index (κ3) is 2.69. The Labute approximate surface area is 134 Å². The van der Waals surface area contributed by atoms with Crippen LogP contribution in [0, 0.1) is 6.20 Å². The minimum absolute atomic E-state index is 0.675. The SMILES string of the molecule is CCc1[c]nc(-c2ccccc2Cl)n1-c1ccc(Cl)cc1. The highest BCUT2D eigenvalue weighted by Gasteiger charge is 2.15. The maximum atomic E-state index is 6.31. The molecule has 3 rings (SSSR count). The zero-order valence-corrected chi connectivity index (χ0v) is 13.0. The van der Waals surface area contributed by atoms with Gasteiger partial charge in [0.25, 0.3) is 0 Å². The summed E-state index contributed by atoms with van der Waals surface area (Å²) in [4.78, 5) is 4.44.